The summed E-state index contributed by atoms with van der Waals surface area (Å²) in [4.78, 5) is 41.6. The molecule has 10 heteroatoms. The van der Waals surface area contributed by atoms with Crippen molar-refractivity contribution in [3.8, 4) is 23.3 Å². The minimum Gasteiger partial charge on any atom is -0.494 e. The van der Waals surface area contributed by atoms with E-state index in [1.54, 1.807) is 13.8 Å². The number of fused-ring (bicyclic) bond motifs is 1. The molecule has 39 heavy (non-hydrogen) atoms. The Balaban J connectivity index is 1.43. The minimum absolute atomic E-state index is 0.0667. The normalized spacial score (nSPS) is 13.6. The summed E-state index contributed by atoms with van der Waals surface area (Å²) in [6.07, 6.45) is 0.583. The molecule has 5 N–H and O–H groups in total. The lowest BCUT2D eigenvalue weighted by Crippen LogP contribution is -2.45. The smallest absolute Gasteiger partial charge is 0.231 e. The number of ether oxygens (including phenoxy) is 2. The number of hydrogen-bond donors (Lipinski definition) is 5. The number of carbonyl (C=O) groups excluding carboxylic acids is 3. The Morgan fingerprint density at radius 3 is 2.33 bits per heavy atom. The second-order valence-electron chi connectivity index (χ2n) is 9.90. The molecule has 0 unspecified atom stereocenters. The van der Waals surface area contributed by atoms with Crippen LogP contribution in [0.5, 0.6) is 23.3 Å². The fourth-order valence-electron chi connectivity index (χ4n) is 4.53. The van der Waals surface area contributed by atoms with Gasteiger partial charge in [-0.1, -0.05) is 50.2 Å². The topological polar surface area (TPSA) is 150 Å². The van der Waals surface area contributed by atoms with Gasteiger partial charge in [0.1, 0.15) is 0 Å². The lowest BCUT2D eigenvalue weighted by molar-refractivity contribution is -0.124. The molecule has 2 atom stereocenters. The largest absolute Gasteiger partial charge is 0.494 e. The average molecular weight is 536 g/mol. The molecule has 0 spiro atoms. The lowest BCUT2D eigenvalue weighted by Gasteiger charge is -2.24. The fourth-order valence-corrected chi connectivity index (χ4v) is 4.53. The summed E-state index contributed by atoms with van der Waals surface area (Å²) in [6, 6.07) is 13.1. The highest BCUT2D eigenvalue weighted by Gasteiger charge is 2.31. The maximum atomic E-state index is 13.2. The highest BCUT2D eigenvalue weighted by atomic mass is 16.7. The number of aromatic amines is 1. The van der Waals surface area contributed by atoms with Gasteiger partial charge in [-0.25, -0.2) is 0 Å². The first kappa shape index (κ1) is 27.6. The number of H-pyrrole nitrogens is 1. The first-order valence-electron chi connectivity index (χ1n) is 12.8. The van der Waals surface area contributed by atoms with E-state index < -0.39 is 29.7 Å². The zero-order chi connectivity index (χ0) is 28.1. The molecule has 2 heterocycles. The van der Waals surface area contributed by atoms with Crippen molar-refractivity contribution in [1.29, 1.82) is 0 Å². The molecule has 0 aliphatic carbocycles. The Hall–Kier alpha value is -4.47. The fraction of sp³-hybridized carbons (Fsp3) is 0.345. The van der Waals surface area contributed by atoms with Crippen LogP contribution in [0.2, 0.25) is 0 Å². The maximum absolute atomic E-state index is 13.2. The molecule has 0 saturated heterocycles. The van der Waals surface area contributed by atoms with Gasteiger partial charge in [-0.3, -0.25) is 19.4 Å². The van der Waals surface area contributed by atoms with Gasteiger partial charge in [0.2, 0.25) is 24.5 Å². The van der Waals surface area contributed by atoms with Crippen LogP contribution in [0, 0.1) is 12.8 Å². The molecule has 0 saturated carbocycles. The standard InChI is InChI=1S/C29H33N3O7/c1-16(2)26(27(35)25-17(3)28(36)32-29(25)37)31-24(34)14-20(19-7-5-4-6-8-19)30-23(33)12-10-18-9-11-21-22(13-18)39-15-38-21/h4-9,11,13,16,20,26,32,36-37H,10,12,14-15H2,1-3H3,(H,30,33)(H,31,34)/t20-,26-/m0/s1. The van der Waals surface area contributed by atoms with Crippen LogP contribution in [0.15, 0.2) is 48.5 Å². The molecule has 0 radical (unpaired) electrons. The molecular formula is C29H33N3O7. The molecule has 0 bridgehead atoms. The molecular weight excluding hydrogens is 502 g/mol. The number of carbonyl (C=O) groups is 3. The monoisotopic (exact) mass is 535 g/mol. The van der Waals surface area contributed by atoms with Crippen molar-refractivity contribution in [3.63, 3.8) is 0 Å². The Kier molecular flexibility index (Phi) is 8.43. The van der Waals surface area contributed by atoms with E-state index in [1.165, 1.54) is 6.92 Å². The van der Waals surface area contributed by atoms with Crippen molar-refractivity contribution >= 4 is 17.6 Å². The van der Waals surface area contributed by atoms with E-state index in [0.29, 0.717) is 17.9 Å². The van der Waals surface area contributed by atoms with E-state index in [2.05, 4.69) is 15.6 Å². The second-order valence-corrected chi connectivity index (χ2v) is 9.90. The first-order chi connectivity index (χ1) is 18.6. The highest BCUT2D eigenvalue weighted by Crippen LogP contribution is 2.33. The Morgan fingerprint density at radius 1 is 0.949 bits per heavy atom. The van der Waals surface area contributed by atoms with Crippen molar-refractivity contribution in [2.45, 2.75) is 52.1 Å². The number of aryl methyl sites for hydroxylation is 1. The van der Waals surface area contributed by atoms with E-state index >= 15 is 0 Å². The molecule has 4 rings (SSSR count). The average Bonchev–Trinajstić information content (AvgIpc) is 3.48. The van der Waals surface area contributed by atoms with Gasteiger partial charge in [0, 0.05) is 12.0 Å². The van der Waals surface area contributed by atoms with E-state index in [4.69, 9.17) is 9.47 Å². The van der Waals surface area contributed by atoms with Crippen LogP contribution in [-0.2, 0) is 16.0 Å². The Bertz CT molecular complexity index is 1350. The van der Waals surface area contributed by atoms with Crippen LogP contribution in [0.4, 0.5) is 0 Å². The summed E-state index contributed by atoms with van der Waals surface area (Å²) in [5.74, 6) is -0.922. The third-order valence-corrected chi connectivity index (χ3v) is 6.72. The summed E-state index contributed by atoms with van der Waals surface area (Å²) in [5, 5.41) is 25.7. The molecule has 0 fully saturated rings. The van der Waals surface area contributed by atoms with Gasteiger partial charge in [-0.15, -0.1) is 0 Å². The SMILES string of the molecule is Cc1c(O)[nH]c(O)c1C(=O)[C@@H](NC(=O)C[C@H](NC(=O)CCc1ccc2c(c1)OCO2)c1ccccc1)C(C)C. The first-order valence-corrected chi connectivity index (χ1v) is 12.8. The van der Waals surface area contributed by atoms with Gasteiger partial charge in [-0.05, 0) is 42.5 Å². The lowest BCUT2D eigenvalue weighted by atomic mass is 9.93. The number of aromatic nitrogens is 1. The van der Waals surface area contributed by atoms with Gasteiger partial charge >= 0.3 is 0 Å². The third kappa shape index (κ3) is 6.51. The number of aromatic hydroxyl groups is 2. The number of ketones is 1. The third-order valence-electron chi connectivity index (χ3n) is 6.72. The Labute approximate surface area is 226 Å². The van der Waals surface area contributed by atoms with Crippen LogP contribution in [-0.4, -0.2) is 45.6 Å². The molecule has 1 aliphatic heterocycles. The molecule has 1 aromatic heterocycles. The molecule has 10 nitrogen and oxygen atoms in total. The highest BCUT2D eigenvalue weighted by molar-refractivity contribution is 6.05. The van der Waals surface area contributed by atoms with Crippen molar-refractivity contribution in [2.75, 3.05) is 6.79 Å². The van der Waals surface area contributed by atoms with E-state index in [9.17, 15) is 24.6 Å². The zero-order valence-corrected chi connectivity index (χ0v) is 22.1. The summed E-state index contributed by atoms with van der Waals surface area (Å²) >= 11 is 0. The number of Topliss-reactive ketones (excluding diaryl/α,β-unsaturated/α-hetero) is 1. The number of nitrogens with one attached hydrogen (secondary N) is 3. The Morgan fingerprint density at radius 2 is 1.67 bits per heavy atom. The second kappa shape index (κ2) is 11.9. The molecule has 2 aromatic carbocycles. The molecule has 2 amide bonds. The maximum Gasteiger partial charge on any atom is 0.231 e. The van der Waals surface area contributed by atoms with Gasteiger partial charge in [0.05, 0.1) is 24.1 Å². The number of hydrogen-bond acceptors (Lipinski definition) is 7. The van der Waals surface area contributed by atoms with Crippen molar-refractivity contribution < 1.29 is 34.1 Å². The minimum atomic E-state index is -0.949. The van der Waals surface area contributed by atoms with Crippen LogP contribution in [0.3, 0.4) is 0 Å². The molecule has 206 valence electrons. The number of benzene rings is 2. The van der Waals surface area contributed by atoms with E-state index in [1.807, 2.05) is 48.5 Å². The van der Waals surface area contributed by atoms with Crippen LogP contribution in [0.1, 0.15) is 59.8 Å². The van der Waals surface area contributed by atoms with E-state index in [-0.39, 0.29) is 48.5 Å². The quantitative estimate of drug-likeness (QED) is 0.235. The van der Waals surface area contributed by atoms with Crippen LogP contribution < -0.4 is 20.1 Å². The van der Waals surface area contributed by atoms with Gasteiger partial charge < -0.3 is 30.3 Å². The summed E-state index contributed by atoms with van der Waals surface area (Å²) in [5.41, 5.74) is 1.81. The predicted octanol–water partition coefficient (Wildman–Crippen LogP) is 3.67. The molecule has 1 aliphatic rings. The predicted molar refractivity (Wildman–Crippen MR) is 143 cm³/mol. The summed E-state index contributed by atoms with van der Waals surface area (Å²) in [7, 11) is 0. The zero-order valence-electron chi connectivity index (χ0n) is 22.1. The van der Waals surface area contributed by atoms with Gasteiger partial charge in [-0.2, -0.15) is 0 Å². The number of amides is 2. The van der Waals surface area contributed by atoms with Gasteiger partial charge in [0.15, 0.2) is 23.2 Å². The summed E-state index contributed by atoms with van der Waals surface area (Å²) < 4.78 is 10.7. The van der Waals surface area contributed by atoms with Crippen molar-refractivity contribution in [3.05, 3.63) is 70.8 Å². The van der Waals surface area contributed by atoms with Crippen molar-refractivity contribution in [1.82, 2.24) is 15.6 Å². The molecule has 3 aromatic rings. The van der Waals surface area contributed by atoms with Gasteiger partial charge in [0.25, 0.3) is 0 Å². The number of rotatable bonds is 11. The summed E-state index contributed by atoms with van der Waals surface area (Å²) in [6.45, 7) is 5.23. The van der Waals surface area contributed by atoms with E-state index in [0.717, 1.165) is 11.1 Å². The van der Waals surface area contributed by atoms with Crippen molar-refractivity contribution in [2.24, 2.45) is 5.92 Å². The van der Waals surface area contributed by atoms with Crippen LogP contribution >= 0.6 is 0 Å². The van der Waals surface area contributed by atoms with Crippen LogP contribution in [0.25, 0.3) is 0 Å².